The number of halogens is 4. The molecule has 0 radical (unpaired) electrons. The Bertz CT molecular complexity index is 2870. The third kappa shape index (κ3) is 14.4. The first-order valence-electron chi connectivity index (χ1n) is 26.0. The molecule has 6 aromatic rings. The third-order valence-electron chi connectivity index (χ3n) is 14.2. The van der Waals surface area contributed by atoms with Crippen molar-refractivity contribution in [2.75, 3.05) is 28.4 Å². The van der Waals surface area contributed by atoms with Gasteiger partial charge in [-0.25, -0.2) is 27.5 Å². The standard InChI is InChI=1S/2C31H35F2NO5/c2*1-31(2,3)30(38-5)24-13-18(9-12-20(24)23-14-27(37-4)34-16-25(23)32)17-39-26-8-6-7-21(29(26)33)22(15-28(35)36)19-10-11-19/h2*6-9,12-14,16,19,22,30H,10-11,15,17H2,1-5H3,(H,35,36)/t22-,30+;22-,30-/m11/s1. The molecule has 0 aliphatic heterocycles. The maximum absolute atomic E-state index is 15.5. The van der Waals surface area contributed by atoms with E-state index in [4.69, 9.17) is 28.4 Å². The normalized spacial score (nSPS) is 15.1. The molecule has 0 spiro atoms. The van der Waals surface area contributed by atoms with Gasteiger partial charge in [-0.1, -0.05) is 90.1 Å². The number of aromatic nitrogens is 2. The number of benzene rings is 4. The molecule has 2 N–H and O–H groups in total. The minimum Gasteiger partial charge on any atom is -0.486 e. The van der Waals surface area contributed by atoms with Crippen LogP contribution in [0.25, 0.3) is 22.3 Å². The zero-order chi connectivity index (χ0) is 56.6. The Morgan fingerprint density at radius 1 is 0.538 bits per heavy atom. The predicted octanol–water partition coefficient (Wildman–Crippen LogP) is 14.6. The van der Waals surface area contributed by atoms with E-state index in [1.54, 1.807) is 87.0 Å². The van der Waals surface area contributed by atoms with E-state index in [0.717, 1.165) is 60.3 Å². The van der Waals surface area contributed by atoms with Crippen LogP contribution in [0.4, 0.5) is 17.6 Å². The third-order valence-corrected chi connectivity index (χ3v) is 14.2. The number of rotatable bonds is 22. The summed E-state index contributed by atoms with van der Waals surface area (Å²) in [7, 11) is 6.17. The van der Waals surface area contributed by atoms with Gasteiger partial charge < -0.3 is 38.6 Å². The summed E-state index contributed by atoms with van der Waals surface area (Å²) in [6, 6.07) is 23.9. The van der Waals surface area contributed by atoms with E-state index >= 15 is 8.78 Å². The van der Waals surface area contributed by atoms with Crippen molar-refractivity contribution >= 4 is 11.9 Å². The summed E-state index contributed by atoms with van der Waals surface area (Å²) in [4.78, 5) is 30.7. The van der Waals surface area contributed by atoms with Gasteiger partial charge in [-0.3, -0.25) is 9.59 Å². The summed E-state index contributed by atoms with van der Waals surface area (Å²) < 4.78 is 94.9. The average molecular weight is 1080 g/mol. The van der Waals surface area contributed by atoms with Gasteiger partial charge >= 0.3 is 11.9 Å². The molecule has 2 aromatic heterocycles. The number of carbonyl (C=O) groups is 2. The summed E-state index contributed by atoms with van der Waals surface area (Å²) in [5.74, 6) is -3.60. The molecule has 2 aliphatic rings. The Labute approximate surface area is 454 Å². The molecule has 416 valence electrons. The zero-order valence-electron chi connectivity index (χ0n) is 45.9. The van der Waals surface area contributed by atoms with Gasteiger partial charge in [0.2, 0.25) is 11.8 Å². The highest BCUT2D eigenvalue weighted by atomic mass is 19.1. The van der Waals surface area contributed by atoms with Crippen LogP contribution in [0.5, 0.6) is 23.3 Å². The molecule has 0 amide bonds. The first kappa shape index (κ1) is 58.6. The maximum Gasteiger partial charge on any atom is 0.303 e. The van der Waals surface area contributed by atoms with Crippen LogP contribution in [-0.4, -0.2) is 60.6 Å². The molecule has 4 aromatic carbocycles. The molecule has 2 aliphatic carbocycles. The van der Waals surface area contributed by atoms with Crippen molar-refractivity contribution < 1.29 is 65.8 Å². The van der Waals surface area contributed by atoms with Crippen LogP contribution >= 0.6 is 0 Å². The number of hydrogen-bond acceptors (Lipinski definition) is 10. The molecule has 2 fully saturated rings. The van der Waals surface area contributed by atoms with E-state index in [2.05, 4.69) is 9.97 Å². The number of aliphatic carboxylic acids is 2. The highest BCUT2D eigenvalue weighted by Crippen LogP contribution is 2.48. The van der Waals surface area contributed by atoms with E-state index in [1.165, 1.54) is 14.2 Å². The van der Waals surface area contributed by atoms with Gasteiger partial charge in [0.05, 0.1) is 51.7 Å². The number of carboxylic acids is 2. The Balaban J connectivity index is 0.000000226. The number of carboxylic acid groups (broad SMARTS) is 2. The van der Waals surface area contributed by atoms with Crippen molar-refractivity contribution in [2.45, 2.75) is 117 Å². The Hall–Kier alpha value is -7.04. The summed E-state index contributed by atoms with van der Waals surface area (Å²) in [6.45, 7) is 12.3. The highest BCUT2D eigenvalue weighted by molar-refractivity contribution is 5.72. The van der Waals surface area contributed by atoms with Gasteiger partial charge in [-0.05, 0) is 117 Å². The topological polar surface area (TPSA) is 156 Å². The lowest BCUT2D eigenvalue weighted by Gasteiger charge is -2.32. The van der Waals surface area contributed by atoms with Crippen molar-refractivity contribution in [2.24, 2.45) is 22.7 Å². The van der Waals surface area contributed by atoms with E-state index in [1.807, 2.05) is 53.7 Å². The lowest BCUT2D eigenvalue weighted by Crippen LogP contribution is -2.21. The van der Waals surface area contributed by atoms with Gasteiger partial charge in [0.15, 0.2) is 23.1 Å². The molecule has 16 heteroatoms. The quantitative estimate of drug-likeness (QED) is 0.0622. The second kappa shape index (κ2) is 25.2. The fourth-order valence-corrected chi connectivity index (χ4v) is 10.3. The van der Waals surface area contributed by atoms with E-state index in [9.17, 15) is 28.6 Å². The lowest BCUT2D eigenvalue weighted by atomic mass is 9.81. The van der Waals surface area contributed by atoms with Gasteiger partial charge in [0, 0.05) is 49.3 Å². The zero-order valence-corrected chi connectivity index (χ0v) is 45.9. The molecule has 4 atom stereocenters. The lowest BCUT2D eigenvalue weighted by molar-refractivity contribution is -0.138. The minimum absolute atomic E-state index is 0.0589. The Kier molecular flexibility index (Phi) is 18.9. The van der Waals surface area contributed by atoms with Crippen LogP contribution in [0.3, 0.4) is 0 Å². The molecular weight excluding hydrogens is 1010 g/mol. The largest absolute Gasteiger partial charge is 0.486 e. The van der Waals surface area contributed by atoms with Crippen molar-refractivity contribution in [3.8, 4) is 45.5 Å². The summed E-state index contributed by atoms with van der Waals surface area (Å²) >= 11 is 0. The monoisotopic (exact) mass is 1080 g/mol. The molecule has 0 saturated heterocycles. The first-order valence-corrected chi connectivity index (χ1v) is 26.0. The second-order valence-corrected chi connectivity index (χ2v) is 22.2. The molecule has 8 rings (SSSR count). The first-order chi connectivity index (χ1) is 37.1. The van der Waals surface area contributed by atoms with Crippen molar-refractivity contribution in [1.82, 2.24) is 9.97 Å². The minimum atomic E-state index is -0.944. The van der Waals surface area contributed by atoms with Crippen LogP contribution < -0.4 is 18.9 Å². The molecule has 2 heterocycles. The fraction of sp³-hybridized carbons (Fsp3) is 0.419. The number of methoxy groups -OCH3 is 4. The fourth-order valence-electron chi connectivity index (χ4n) is 10.3. The van der Waals surface area contributed by atoms with Crippen molar-refractivity contribution in [1.29, 1.82) is 0 Å². The van der Waals surface area contributed by atoms with E-state index in [0.29, 0.717) is 33.4 Å². The number of pyridine rings is 2. The van der Waals surface area contributed by atoms with Gasteiger partial charge in [-0.2, -0.15) is 0 Å². The van der Waals surface area contributed by atoms with Gasteiger partial charge in [-0.15, -0.1) is 0 Å². The number of hydrogen-bond donors (Lipinski definition) is 2. The molecule has 0 bridgehead atoms. The summed E-state index contributed by atoms with van der Waals surface area (Å²) in [6.07, 6.45) is 4.85. The van der Waals surface area contributed by atoms with Gasteiger partial charge in [0.1, 0.15) is 24.8 Å². The molecule has 78 heavy (non-hydrogen) atoms. The van der Waals surface area contributed by atoms with Crippen LogP contribution in [0.15, 0.2) is 97.3 Å². The summed E-state index contributed by atoms with van der Waals surface area (Å²) in [5.41, 5.74) is 5.04. The molecular formula is C62H70F4N2O10. The SMILES string of the molecule is COc1cc(-c2ccc(COc3cccc([C@H](CC(=O)O)C4CC4)c3F)cc2[C@@H](OC)C(C)(C)C)c(F)cn1.COc1cc(-c2ccc(COc3cccc([C@H](CC(=O)O)C4CC4)c3F)cc2[C@H](OC)C(C)(C)C)c(F)cn1. The van der Waals surface area contributed by atoms with Crippen LogP contribution in [0, 0.1) is 45.9 Å². The smallest absolute Gasteiger partial charge is 0.303 e. The number of ether oxygens (including phenoxy) is 6. The molecule has 2 saturated carbocycles. The van der Waals surface area contributed by atoms with Crippen LogP contribution in [0.2, 0.25) is 0 Å². The molecule has 12 nitrogen and oxygen atoms in total. The van der Waals surface area contributed by atoms with E-state index in [-0.39, 0.29) is 96.0 Å². The Morgan fingerprint density at radius 3 is 1.22 bits per heavy atom. The average Bonchev–Trinajstić information content (AvgIpc) is 4.41. The van der Waals surface area contributed by atoms with E-state index < -0.39 is 35.2 Å². The second-order valence-electron chi connectivity index (χ2n) is 22.2. The highest BCUT2D eigenvalue weighted by Gasteiger charge is 2.38. The molecule has 0 unspecified atom stereocenters. The van der Waals surface area contributed by atoms with Crippen molar-refractivity contribution in [3.63, 3.8) is 0 Å². The number of nitrogens with zero attached hydrogens (tertiary/aromatic N) is 2. The van der Waals surface area contributed by atoms with Crippen molar-refractivity contribution in [3.05, 3.63) is 154 Å². The predicted molar refractivity (Wildman–Crippen MR) is 288 cm³/mol. The summed E-state index contributed by atoms with van der Waals surface area (Å²) in [5, 5.41) is 18.7. The van der Waals surface area contributed by atoms with Crippen LogP contribution in [0.1, 0.15) is 137 Å². The maximum atomic E-state index is 15.5. The van der Waals surface area contributed by atoms with Crippen LogP contribution in [-0.2, 0) is 32.3 Å². The van der Waals surface area contributed by atoms with Gasteiger partial charge in [0.25, 0.3) is 0 Å². The Morgan fingerprint density at radius 2 is 0.910 bits per heavy atom.